The van der Waals surface area contributed by atoms with E-state index in [0.717, 1.165) is 22.3 Å². The Morgan fingerprint density at radius 1 is 0.652 bits per heavy atom. The average molecular weight is 378 g/mol. The fourth-order valence-electron chi connectivity index (χ4n) is 2.20. The van der Waals surface area contributed by atoms with E-state index in [0.29, 0.717) is 0 Å². The number of rotatable bonds is 3. The first-order valence-corrected chi connectivity index (χ1v) is 6.83. The van der Waals surface area contributed by atoms with Gasteiger partial charge in [-0.2, -0.15) is 0 Å². The van der Waals surface area contributed by atoms with Gasteiger partial charge in [0.1, 0.15) is 5.82 Å². The first-order valence-electron chi connectivity index (χ1n) is 6.83. The summed E-state index contributed by atoms with van der Waals surface area (Å²) in [5.41, 5.74) is 3.97. The zero-order chi connectivity index (χ0) is 14.5. The van der Waals surface area contributed by atoms with Crippen molar-refractivity contribution in [1.82, 2.24) is 0 Å². The summed E-state index contributed by atoms with van der Waals surface area (Å²) in [7, 11) is 0. The zero-order valence-electron chi connectivity index (χ0n) is 12.5. The maximum atomic E-state index is 13.1. The molecule has 0 atom stereocenters. The summed E-state index contributed by atoms with van der Waals surface area (Å²) in [5, 5.41) is 0. The van der Waals surface area contributed by atoms with Crippen molar-refractivity contribution in [3.63, 3.8) is 0 Å². The number of hydrogen-bond donors (Lipinski definition) is 0. The van der Waals surface area contributed by atoms with E-state index in [2.05, 4.69) is 6.08 Å². The molecule has 0 aliphatic carbocycles. The molecule has 0 aliphatic heterocycles. The van der Waals surface area contributed by atoms with Crippen molar-refractivity contribution in [3.05, 3.63) is 114 Å². The van der Waals surface area contributed by atoms with Gasteiger partial charge in [-0.1, -0.05) is 71.8 Å². The molecule has 3 aromatic carbocycles. The van der Waals surface area contributed by atoms with E-state index in [1.807, 2.05) is 60.7 Å². The van der Waals surface area contributed by atoms with Crippen LogP contribution in [0.15, 0.2) is 84.9 Å². The molecule has 0 fully saturated rings. The van der Waals surface area contributed by atoms with Crippen LogP contribution < -0.4 is 17.0 Å². The first-order chi connectivity index (χ1) is 10.3. The van der Waals surface area contributed by atoms with E-state index in [-0.39, 0.29) is 45.9 Å². The minimum atomic E-state index is -0.231. The van der Waals surface area contributed by atoms with Gasteiger partial charge in [0, 0.05) is 0 Å². The Balaban J connectivity index is 0.00000132. The van der Waals surface area contributed by atoms with Gasteiger partial charge in [0.25, 0.3) is 0 Å². The summed E-state index contributed by atoms with van der Waals surface area (Å²) in [6.45, 7) is 0. The second-order valence-corrected chi connectivity index (χ2v) is 4.74. The van der Waals surface area contributed by atoms with Crippen molar-refractivity contribution < 1.29 is 21.4 Å². The number of benzene rings is 3. The molecule has 0 nitrogen and oxygen atoms in total. The van der Waals surface area contributed by atoms with Crippen molar-refractivity contribution in [2.45, 2.75) is 0 Å². The third-order valence-electron chi connectivity index (χ3n) is 3.24. The maximum Gasteiger partial charge on any atom is 2.00 e. The van der Waals surface area contributed by atoms with Crippen LogP contribution in [0.25, 0.3) is 5.57 Å². The van der Waals surface area contributed by atoms with E-state index in [1.54, 1.807) is 12.1 Å². The molecule has 0 aliphatic rings. The number of halogens is 2. The molecule has 3 rings (SSSR count). The van der Waals surface area contributed by atoms with Crippen LogP contribution in [0.5, 0.6) is 0 Å². The standard InChI is InChI=1S/C20H14F.BrH.Mg/c21-19-13-11-18(12-14-19)20(17-9-5-2-6-10-17)15-16-7-3-1-4-8-16;;/h1-14H;1H;/q-1;;+2/p-1. The average Bonchev–Trinajstić information content (AvgIpc) is 2.55. The second kappa shape index (κ2) is 9.66. The van der Waals surface area contributed by atoms with Crippen LogP contribution in [0, 0.1) is 11.9 Å². The Morgan fingerprint density at radius 3 is 1.70 bits per heavy atom. The van der Waals surface area contributed by atoms with E-state index in [1.165, 1.54) is 12.1 Å². The van der Waals surface area contributed by atoms with Crippen LogP contribution in [0.4, 0.5) is 4.39 Å². The molecule has 0 N–H and O–H groups in total. The molecule has 0 saturated heterocycles. The van der Waals surface area contributed by atoms with Crippen molar-refractivity contribution in [2.24, 2.45) is 0 Å². The van der Waals surface area contributed by atoms with Crippen molar-refractivity contribution in [2.75, 3.05) is 0 Å². The van der Waals surface area contributed by atoms with E-state index < -0.39 is 0 Å². The van der Waals surface area contributed by atoms with Gasteiger partial charge < -0.3 is 17.0 Å². The molecule has 0 saturated carbocycles. The van der Waals surface area contributed by atoms with Gasteiger partial charge in [0.05, 0.1) is 0 Å². The van der Waals surface area contributed by atoms with E-state index in [9.17, 15) is 4.39 Å². The summed E-state index contributed by atoms with van der Waals surface area (Å²) in [6.07, 6.45) is 3.43. The molecular formula is C20H14BrFMg. The molecule has 0 unspecified atom stereocenters. The Morgan fingerprint density at radius 2 is 1.13 bits per heavy atom. The van der Waals surface area contributed by atoms with Gasteiger partial charge >= 0.3 is 23.1 Å². The van der Waals surface area contributed by atoms with Crippen LogP contribution in [0.3, 0.4) is 0 Å². The van der Waals surface area contributed by atoms with Crippen molar-refractivity contribution >= 4 is 28.6 Å². The molecule has 0 spiro atoms. The van der Waals surface area contributed by atoms with Gasteiger partial charge in [0.15, 0.2) is 0 Å². The quantitative estimate of drug-likeness (QED) is 0.371. The zero-order valence-corrected chi connectivity index (χ0v) is 15.5. The Hall–Kier alpha value is -1.42. The molecule has 3 aromatic rings. The molecule has 0 bridgehead atoms. The van der Waals surface area contributed by atoms with Crippen molar-refractivity contribution in [3.8, 4) is 0 Å². The Kier molecular flexibility index (Phi) is 8.24. The SMILES string of the molecule is Fc1ccc(C(=[C-]c2ccccc2)c2ccccc2)cc1.[Br-].[Mg+2]. The summed E-state index contributed by atoms with van der Waals surface area (Å²) in [5.74, 6) is -0.231. The Bertz CT molecular complexity index is 738. The van der Waals surface area contributed by atoms with Gasteiger partial charge in [-0.05, 0) is 12.1 Å². The summed E-state index contributed by atoms with van der Waals surface area (Å²) < 4.78 is 13.1. The van der Waals surface area contributed by atoms with Gasteiger partial charge in [0.2, 0.25) is 0 Å². The fourth-order valence-corrected chi connectivity index (χ4v) is 2.20. The summed E-state index contributed by atoms with van der Waals surface area (Å²) in [6, 6.07) is 26.5. The predicted octanol–water partition coefficient (Wildman–Crippen LogP) is 1.73. The number of hydrogen-bond acceptors (Lipinski definition) is 0. The maximum absolute atomic E-state index is 13.1. The van der Waals surface area contributed by atoms with Crippen LogP contribution in [-0.4, -0.2) is 23.1 Å². The van der Waals surface area contributed by atoms with Crippen LogP contribution >= 0.6 is 0 Å². The third-order valence-corrected chi connectivity index (χ3v) is 3.24. The molecule has 0 aromatic heterocycles. The Labute approximate surface area is 163 Å². The van der Waals surface area contributed by atoms with Crippen LogP contribution in [0.2, 0.25) is 0 Å². The van der Waals surface area contributed by atoms with Crippen LogP contribution in [-0.2, 0) is 0 Å². The molecular weight excluding hydrogens is 363 g/mol. The van der Waals surface area contributed by atoms with Gasteiger partial charge in [-0.25, -0.2) is 4.39 Å². The predicted molar refractivity (Wildman–Crippen MR) is 89.9 cm³/mol. The van der Waals surface area contributed by atoms with Gasteiger partial charge in [-0.15, -0.1) is 29.3 Å². The molecule has 0 heterocycles. The minimum absolute atomic E-state index is 0. The van der Waals surface area contributed by atoms with Gasteiger partial charge in [-0.3, -0.25) is 0 Å². The third kappa shape index (κ3) is 5.31. The molecule has 0 amide bonds. The topological polar surface area (TPSA) is 0 Å². The molecule has 110 valence electrons. The van der Waals surface area contributed by atoms with E-state index in [4.69, 9.17) is 0 Å². The molecule has 3 heteroatoms. The summed E-state index contributed by atoms with van der Waals surface area (Å²) >= 11 is 0. The molecule has 0 radical (unpaired) electrons. The second-order valence-electron chi connectivity index (χ2n) is 4.74. The summed E-state index contributed by atoms with van der Waals surface area (Å²) in [4.78, 5) is 0. The largest absolute Gasteiger partial charge is 2.00 e. The first kappa shape index (κ1) is 19.6. The van der Waals surface area contributed by atoms with Crippen molar-refractivity contribution in [1.29, 1.82) is 0 Å². The monoisotopic (exact) mass is 376 g/mol. The van der Waals surface area contributed by atoms with Crippen LogP contribution in [0.1, 0.15) is 16.7 Å². The fraction of sp³-hybridized carbons (Fsp3) is 0. The normalized spacial score (nSPS) is 10.4. The minimum Gasteiger partial charge on any atom is -1.00 e. The van der Waals surface area contributed by atoms with E-state index >= 15 is 0 Å². The smallest absolute Gasteiger partial charge is 1.00 e. The molecule has 23 heavy (non-hydrogen) atoms.